The number of para-hydroxylation sites is 1. The highest BCUT2D eigenvalue weighted by Gasteiger charge is 2.06. The molecule has 2 aromatic carbocycles. The minimum absolute atomic E-state index is 0.147. The average molecular weight is 329 g/mol. The van der Waals surface area contributed by atoms with Gasteiger partial charge in [0.25, 0.3) is 0 Å². The van der Waals surface area contributed by atoms with Crippen LogP contribution in [-0.4, -0.2) is 19.1 Å². The number of amides is 1. The SMILES string of the molecule is CCOc1ccc(C=CC(=O)Nc2ccccc2F)cc1OCC. The van der Waals surface area contributed by atoms with Crippen LogP contribution in [0.3, 0.4) is 0 Å². The second kappa shape index (κ2) is 8.72. The summed E-state index contributed by atoms with van der Waals surface area (Å²) < 4.78 is 24.5. The number of carbonyl (C=O) groups is 1. The van der Waals surface area contributed by atoms with Gasteiger partial charge in [-0.25, -0.2) is 4.39 Å². The fourth-order valence-electron chi connectivity index (χ4n) is 2.08. The maximum atomic E-state index is 13.5. The highest BCUT2D eigenvalue weighted by Crippen LogP contribution is 2.29. The molecule has 4 nitrogen and oxygen atoms in total. The summed E-state index contributed by atoms with van der Waals surface area (Å²) in [6.45, 7) is 4.85. The lowest BCUT2D eigenvalue weighted by atomic mass is 10.2. The van der Waals surface area contributed by atoms with Crippen molar-refractivity contribution in [1.29, 1.82) is 0 Å². The Morgan fingerprint density at radius 2 is 1.79 bits per heavy atom. The number of halogens is 1. The number of hydrogen-bond acceptors (Lipinski definition) is 3. The Morgan fingerprint density at radius 1 is 1.08 bits per heavy atom. The fourth-order valence-corrected chi connectivity index (χ4v) is 2.08. The van der Waals surface area contributed by atoms with Gasteiger partial charge < -0.3 is 14.8 Å². The molecule has 0 aliphatic carbocycles. The topological polar surface area (TPSA) is 47.6 Å². The molecule has 1 N–H and O–H groups in total. The smallest absolute Gasteiger partial charge is 0.248 e. The number of carbonyl (C=O) groups excluding carboxylic acids is 1. The van der Waals surface area contributed by atoms with E-state index >= 15 is 0 Å². The number of hydrogen-bond donors (Lipinski definition) is 1. The molecule has 0 atom stereocenters. The molecule has 0 heterocycles. The molecular formula is C19H20FNO3. The molecule has 126 valence electrons. The summed E-state index contributed by atoms with van der Waals surface area (Å²) in [7, 11) is 0. The van der Waals surface area contributed by atoms with Gasteiger partial charge in [0.15, 0.2) is 11.5 Å². The maximum Gasteiger partial charge on any atom is 0.248 e. The Labute approximate surface area is 140 Å². The summed E-state index contributed by atoms with van der Waals surface area (Å²) in [5, 5.41) is 2.50. The van der Waals surface area contributed by atoms with Crippen molar-refractivity contribution in [2.75, 3.05) is 18.5 Å². The first kappa shape index (κ1) is 17.5. The molecule has 2 aromatic rings. The summed E-state index contributed by atoms with van der Waals surface area (Å²) in [6, 6.07) is 11.4. The van der Waals surface area contributed by atoms with Crippen LogP contribution < -0.4 is 14.8 Å². The van der Waals surface area contributed by atoms with Crippen LogP contribution in [0.25, 0.3) is 6.08 Å². The van der Waals surface area contributed by atoms with E-state index in [0.717, 1.165) is 5.56 Å². The van der Waals surface area contributed by atoms with E-state index in [0.29, 0.717) is 24.7 Å². The zero-order valence-electron chi connectivity index (χ0n) is 13.7. The molecule has 2 rings (SSSR count). The van der Waals surface area contributed by atoms with Crippen molar-refractivity contribution in [2.45, 2.75) is 13.8 Å². The van der Waals surface area contributed by atoms with E-state index in [4.69, 9.17) is 9.47 Å². The lowest BCUT2D eigenvalue weighted by Gasteiger charge is -2.11. The molecule has 0 radical (unpaired) electrons. The molecule has 0 aliphatic heterocycles. The Bertz CT molecular complexity index is 728. The summed E-state index contributed by atoms with van der Waals surface area (Å²) >= 11 is 0. The number of nitrogens with one attached hydrogen (secondary N) is 1. The van der Waals surface area contributed by atoms with Crippen LogP contribution in [-0.2, 0) is 4.79 Å². The minimum atomic E-state index is -0.473. The van der Waals surface area contributed by atoms with Crippen molar-refractivity contribution in [2.24, 2.45) is 0 Å². The van der Waals surface area contributed by atoms with Gasteiger partial charge in [-0.1, -0.05) is 18.2 Å². The van der Waals surface area contributed by atoms with Crippen molar-refractivity contribution >= 4 is 17.7 Å². The monoisotopic (exact) mass is 329 g/mol. The molecule has 0 saturated heterocycles. The highest BCUT2D eigenvalue weighted by atomic mass is 19.1. The Balaban J connectivity index is 2.09. The van der Waals surface area contributed by atoms with Crippen LogP contribution in [0.1, 0.15) is 19.4 Å². The van der Waals surface area contributed by atoms with Gasteiger partial charge >= 0.3 is 0 Å². The zero-order chi connectivity index (χ0) is 17.4. The third-order valence-electron chi connectivity index (χ3n) is 3.13. The van der Waals surface area contributed by atoms with Crippen LogP contribution in [0.5, 0.6) is 11.5 Å². The molecule has 0 saturated carbocycles. The van der Waals surface area contributed by atoms with Gasteiger partial charge in [-0.3, -0.25) is 4.79 Å². The molecule has 0 bridgehead atoms. The second-order valence-corrected chi connectivity index (χ2v) is 4.87. The van der Waals surface area contributed by atoms with Gasteiger partial charge in [0, 0.05) is 6.08 Å². The van der Waals surface area contributed by atoms with Crippen molar-refractivity contribution in [3.05, 3.63) is 59.9 Å². The minimum Gasteiger partial charge on any atom is -0.490 e. The molecule has 0 aliphatic rings. The van der Waals surface area contributed by atoms with Crippen molar-refractivity contribution in [3.8, 4) is 11.5 Å². The second-order valence-electron chi connectivity index (χ2n) is 4.87. The number of anilines is 1. The largest absolute Gasteiger partial charge is 0.490 e. The number of rotatable bonds is 7. The van der Waals surface area contributed by atoms with E-state index in [1.54, 1.807) is 30.3 Å². The molecule has 0 unspecified atom stereocenters. The predicted octanol–water partition coefficient (Wildman–Crippen LogP) is 4.28. The third-order valence-corrected chi connectivity index (χ3v) is 3.13. The van der Waals surface area contributed by atoms with Crippen molar-refractivity contribution < 1.29 is 18.7 Å². The first-order chi connectivity index (χ1) is 11.6. The molecular weight excluding hydrogens is 309 g/mol. The van der Waals surface area contributed by atoms with Gasteiger partial charge in [-0.05, 0) is 49.8 Å². The molecule has 0 fully saturated rings. The van der Waals surface area contributed by atoms with E-state index < -0.39 is 11.7 Å². The summed E-state index contributed by atoms with van der Waals surface area (Å²) in [6.07, 6.45) is 2.98. The van der Waals surface area contributed by atoms with E-state index in [9.17, 15) is 9.18 Å². The van der Waals surface area contributed by atoms with E-state index in [1.807, 2.05) is 19.9 Å². The van der Waals surface area contributed by atoms with E-state index in [1.165, 1.54) is 18.2 Å². The van der Waals surface area contributed by atoms with Crippen LogP contribution in [0.2, 0.25) is 0 Å². The molecule has 0 spiro atoms. The third kappa shape index (κ3) is 4.84. The highest BCUT2D eigenvalue weighted by molar-refractivity contribution is 6.02. The first-order valence-corrected chi connectivity index (χ1v) is 7.77. The number of benzene rings is 2. The van der Waals surface area contributed by atoms with Crippen LogP contribution in [0.4, 0.5) is 10.1 Å². The maximum absolute atomic E-state index is 13.5. The van der Waals surface area contributed by atoms with E-state index in [2.05, 4.69) is 5.32 Å². The van der Waals surface area contributed by atoms with Gasteiger partial charge in [0.1, 0.15) is 5.82 Å². The van der Waals surface area contributed by atoms with Gasteiger partial charge in [0.05, 0.1) is 18.9 Å². The Morgan fingerprint density at radius 3 is 2.50 bits per heavy atom. The first-order valence-electron chi connectivity index (χ1n) is 7.77. The zero-order valence-corrected chi connectivity index (χ0v) is 13.7. The van der Waals surface area contributed by atoms with Gasteiger partial charge in [-0.2, -0.15) is 0 Å². The molecule has 0 aromatic heterocycles. The van der Waals surface area contributed by atoms with Crippen molar-refractivity contribution in [3.63, 3.8) is 0 Å². The molecule has 24 heavy (non-hydrogen) atoms. The predicted molar refractivity (Wildman–Crippen MR) is 92.8 cm³/mol. The van der Waals surface area contributed by atoms with Crippen LogP contribution >= 0.6 is 0 Å². The van der Waals surface area contributed by atoms with E-state index in [-0.39, 0.29) is 5.69 Å². The van der Waals surface area contributed by atoms with Crippen LogP contribution in [0, 0.1) is 5.82 Å². The van der Waals surface area contributed by atoms with Crippen molar-refractivity contribution in [1.82, 2.24) is 0 Å². The van der Waals surface area contributed by atoms with Gasteiger partial charge in [-0.15, -0.1) is 0 Å². The lowest BCUT2D eigenvalue weighted by Crippen LogP contribution is -2.09. The summed E-state index contributed by atoms with van der Waals surface area (Å²) in [4.78, 5) is 11.9. The summed E-state index contributed by atoms with van der Waals surface area (Å²) in [5.74, 6) is 0.397. The Kier molecular flexibility index (Phi) is 6.37. The molecule has 5 heteroatoms. The standard InChI is InChI=1S/C19H20FNO3/c1-3-23-17-11-9-14(13-18(17)24-4-2)10-12-19(22)21-16-8-6-5-7-15(16)20/h5-13H,3-4H2,1-2H3,(H,21,22). The average Bonchev–Trinajstić information content (AvgIpc) is 2.57. The van der Waals surface area contributed by atoms with Crippen LogP contribution in [0.15, 0.2) is 48.5 Å². The number of ether oxygens (including phenoxy) is 2. The fraction of sp³-hybridized carbons (Fsp3) is 0.211. The van der Waals surface area contributed by atoms with Gasteiger partial charge in [0.2, 0.25) is 5.91 Å². The molecule has 1 amide bonds. The summed E-state index contributed by atoms with van der Waals surface area (Å²) in [5.41, 5.74) is 0.930. The Hall–Kier alpha value is -2.82. The quantitative estimate of drug-likeness (QED) is 0.772. The lowest BCUT2D eigenvalue weighted by molar-refractivity contribution is -0.111. The normalized spacial score (nSPS) is 10.6.